The number of ketones is 1. The number of carbonyl (C=O) groups excluding carboxylic acids is 2. The molecule has 0 amide bonds. The van der Waals surface area contributed by atoms with Crippen LogP contribution in [0.15, 0.2) is 29.9 Å². The predicted octanol–water partition coefficient (Wildman–Crippen LogP) is 0.439. The average molecular weight is 120 g/mol. The van der Waals surface area contributed by atoms with Crippen LogP contribution in [0.3, 0.4) is 0 Å². The Morgan fingerprint density at radius 3 is 2.11 bits per heavy atom. The maximum atomic E-state index is 10.4. The van der Waals surface area contributed by atoms with Crippen molar-refractivity contribution in [3.63, 3.8) is 0 Å². The van der Waals surface area contributed by atoms with Gasteiger partial charge in [0.15, 0.2) is 5.78 Å². The van der Waals surface area contributed by atoms with E-state index < -0.39 is 0 Å². The van der Waals surface area contributed by atoms with Crippen molar-refractivity contribution in [2.75, 3.05) is 0 Å². The summed E-state index contributed by atoms with van der Waals surface area (Å²) >= 11 is 0. The molecule has 0 aromatic carbocycles. The van der Waals surface area contributed by atoms with Gasteiger partial charge in [-0.3, -0.25) is 4.79 Å². The molecule has 0 atom stereocenters. The smallest absolute Gasteiger partial charge is 0.178 e. The normalized spacial score (nSPS) is 16.0. The molecule has 0 fully saturated rings. The fourth-order valence-corrected chi connectivity index (χ4v) is 0.523. The Kier molecular flexibility index (Phi) is 1.43. The van der Waals surface area contributed by atoms with E-state index in [2.05, 4.69) is 0 Å². The summed E-state index contributed by atoms with van der Waals surface area (Å²) in [5.74, 6) is 1.58. The molecule has 0 radical (unpaired) electrons. The van der Waals surface area contributed by atoms with Crippen LogP contribution in [0.4, 0.5) is 0 Å². The lowest BCUT2D eigenvalue weighted by Crippen LogP contribution is -1.90. The first-order chi connectivity index (χ1) is 4.33. The van der Waals surface area contributed by atoms with Gasteiger partial charge in [0.1, 0.15) is 5.94 Å². The van der Waals surface area contributed by atoms with Crippen molar-refractivity contribution < 1.29 is 9.59 Å². The van der Waals surface area contributed by atoms with Crippen molar-refractivity contribution in [2.45, 2.75) is 0 Å². The summed E-state index contributed by atoms with van der Waals surface area (Å²) in [6, 6.07) is 0. The molecule has 1 rings (SSSR count). The summed E-state index contributed by atoms with van der Waals surface area (Å²) in [5.41, 5.74) is 0.412. The van der Waals surface area contributed by atoms with Gasteiger partial charge in [-0.15, -0.1) is 0 Å². The zero-order valence-electron chi connectivity index (χ0n) is 4.63. The van der Waals surface area contributed by atoms with Gasteiger partial charge >= 0.3 is 0 Å². The second-order valence-electron chi connectivity index (χ2n) is 1.63. The van der Waals surface area contributed by atoms with Crippen LogP contribution in [-0.4, -0.2) is 11.7 Å². The Balaban J connectivity index is 2.94. The molecular weight excluding hydrogens is 116 g/mol. The van der Waals surface area contributed by atoms with E-state index in [0.29, 0.717) is 5.57 Å². The highest BCUT2D eigenvalue weighted by Gasteiger charge is 1.96. The van der Waals surface area contributed by atoms with Gasteiger partial charge in [-0.1, -0.05) is 0 Å². The molecule has 2 heteroatoms. The highest BCUT2D eigenvalue weighted by atomic mass is 16.1. The third-order valence-corrected chi connectivity index (χ3v) is 0.972. The molecule has 0 aliphatic heterocycles. The summed E-state index contributed by atoms with van der Waals surface area (Å²) in [7, 11) is 0. The highest BCUT2D eigenvalue weighted by molar-refractivity contribution is 6.02. The quantitative estimate of drug-likeness (QED) is 0.434. The first-order valence-electron chi connectivity index (χ1n) is 2.48. The molecule has 0 unspecified atom stereocenters. The van der Waals surface area contributed by atoms with Crippen LogP contribution >= 0.6 is 0 Å². The van der Waals surface area contributed by atoms with E-state index in [1.54, 1.807) is 5.94 Å². The Hall–Kier alpha value is -1.40. The minimum absolute atomic E-state index is 0.0889. The van der Waals surface area contributed by atoms with Crippen molar-refractivity contribution in [3.05, 3.63) is 29.9 Å². The summed E-state index contributed by atoms with van der Waals surface area (Å²) < 4.78 is 0. The number of hydrogen-bond donors (Lipinski definition) is 0. The molecule has 0 aromatic rings. The molecule has 0 heterocycles. The van der Waals surface area contributed by atoms with Crippen molar-refractivity contribution >= 4 is 11.7 Å². The molecule has 1 aliphatic carbocycles. The van der Waals surface area contributed by atoms with Gasteiger partial charge in [-0.2, -0.15) is 0 Å². The van der Waals surface area contributed by atoms with Gasteiger partial charge in [0.25, 0.3) is 0 Å². The molecule has 0 aromatic heterocycles. The van der Waals surface area contributed by atoms with E-state index in [-0.39, 0.29) is 5.78 Å². The van der Waals surface area contributed by atoms with Crippen LogP contribution in [0.2, 0.25) is 0 Å². The Bertz CT molecular complexity index is 222. The maximum Gasteiger partial charge on any atom is 0.178 e. The minimum atomic E-state index is -0.0889. The largest absolute Gasteiger partial charge is 0.290 e. The number of carbonyl (C=O) groups is 1. The van der Waals surface area contributed by atoms with E-state index in [4.69, 9.17) is 0 Å². The van der Waals surface area contributed by atoms with Crippen LogP contribution in [0.25, 0.3) is 0 Å². The van der Waals surface area contributed by atoms with Gasteiger partial charge in [0.2, 0.25) is 0 Å². The third-order valence-electron chi connectivity index (χ3n) is 0.972. The first-order valence-corrected chi connectivity index (χ1v) is 2.48. The molecule has 0 spiro atoms. The predicted molar refractivity (Wildman–Crippen MR) is 32.5 cm³/mol. The maximum absolute atomic E-state index is 10.4. The second-order valence-corrected chi connectivity index (χ2v) is 1.63. The molecule has 0 N–H and O–H groups in total. The van der Waals surface area contributed by atoms with Gasteiger partial charge in [0.05, 0.1) is 5.57 Å². The number of allylic oxidation sites excluding steroid dienone is 5. The summed E-state index contributed by atoms with van der Waals surface area (Å²) in [4.78, 5) is 20.3. The van der Waals surface area contributed by atoms with E-state index >= 15 is 0 Å². The van der Waals surface area contributed by atoms with Crippen molar-refractivity contribution in [1.29, 1.82) is 0 Å². The van der Waals surface area contributed by atoms with Crippen LogP contribution in [-0.2, 0) is 9.59 Å². The van der Waals surface area contributed by atoms with Crippen LogP contribution in [0.5, 0.6) is 0 Å². The monoisotopic (exact) mass is 120 g/mol. The standard InChI is InChI=1S/C7H4O2/c8-5-6-1-3-7(9)4-2-6/h1-4H. The highest BCUT2D eigenvalue weighted by Crippen LogP contribution is 2.00. The van der Waals surface area contributed by atoms with Gasteiger partial charge in [-0.05, 0) is 24.3 Å². The molecule has 0 saturated carbocycles. The lowest BCUT2D eigenvalue weighted by Gasteiger charge is -1.90. The first kappa shape index (κ1) is 5.73. The molecule has 1 aliphatic rings. The summed E-state index contributed by atoms with van der Waals surface area (Å²) in [5, 5.41) is 0. The van der Waals surface area contributed by atoms with Crippen molar-refractivity contribution in [3.8, 4) is 0 Å². The van der Waals surface area contributed by atoms with Gasteiger partial charge in [0, 0.05) is 0 Å². The molecule has 44 valence electrons. The van der Waals surface area contributed by atoms with Crippen molar-refractivity contribution in [1.82, 2.24) is 0 Å². The number of rotatable bonds is 0. The zero-order chi connectivity index (χ0) is 6.69. The summed E-state index contributed by atoms with van der Waals surface area (Å²) in [6.07, 6.45) is 5.55. The van der Waals surface area contributed by atoms with Gasteiger partial charge < -0.3 is 0 Å². The van der Waals surface area contributed by atoms with Gasteiger partial charge in [-0.25, -0.2) is 4.79 Å². The Morgan fingerprint density at radius 1 is 1.11 bits per heavy atom. The fraction of sp³-hybridized carbons (Fsp3) is 0. The average Bonchev–Trinajstić information content (AvgIpc) is 1.90. The SMILES string of the molecule is O=C=C1C=CC(=O)C=C1. The van der Waals surface area contributed by atoms with E-state index in [1.165, 1.54) is 24.3 Å². The molecule has 2 nitrogen and oxygen atoms in total. The number of hydrogen-bond acceptors (Lipinski definition) is 2. The molecule has 9 heavy (non-hydrogen) atoms. The molecule has 0 saturated heterocycles. The molecular formula is C7H4O2. The Labute approximate surface area is 52.2 Å². The van der Waals surface area contributed by atoms with Crippen LogP contribution in [0.1, 0.15) is 0 Å². The fourth-order valence-electron chi connectivity index (χ4n) is 0.523. The molecule has 0 bridgehead atoms. The minimum Gasteiger partial charge on any atom is -0.290 e. The Morgan fingerprint density at radius 2 is 1.67 bits per heavy atom. The lowest BCUT2D eigenvalue weighted by molar-refractivity contribution is -0.110. The van der Waals surface area contributed by atoms with E-state index in [0.717, 1.165) is 0 Å². The van der Waals surface area contributed by atoms with E-state index in [1.807, 2.05) is 0 Å². The topological polar surface area (TPSA) is 34.1 Å². The summed E-state index contributed by atoms with van der Waals surface area (Å²) in [6.45, 7) is 0. The van der Waals surface area contributed by atoms with Crippen LogP contribution < -0.4 is 0 Å². The van der Waals surface area contributed by atoms with Crippen molar-refractivity contribution in [2.24, 2.45) is 0 Å². The zero-order valence-corrected chi connectivity index (χ0v) is 4.63. The second kappa shape index (κ2) is 2.25. The third kappa shape index (κ3) is 1.24. The van der Waals surface area contributed by atoms with Crippen LogP contribution in [0, 0.1) is 0 Å². The van der Waals surface area contributed by atoms with E-state index in [9.17, 15) is 9.59 Å². The lowest BCUT2D eigenvalue weighted by atomic mass is 10.1.